The molecule has 2 aromatic carbocycles. The van der Waals surface area contributed by atoms with Gasteiger partial charge in [-0.25, -0.2) is 9.78 Å². The molecule has 0 spiro atoms. The van der Waals surface area contributed by atoms with E-state index in [0.717, 1.165) is 31.6 Å². The van der Waals surface area contributed by atoms with Gasteiger partial charge >= 0.3 is 6.09 Å². The third kappa shape index (κ3) is 6.69. The zero-order valence-corrected chi connectivity index (χ0v) is 21.8. The van der Waals surface area contributed by atoms with Crippen molar-refractivity contribution in [2.45, 2.75) is 66.0 Å². The Labute approximate surface area is 208 Å². The summed E-state index contributed by atoms with van der Waals surface area (Å²) < 4.78 is 7.57. The van der Waals surface area contributed by atoms with Crippen LogP contribution in [0.15, 0.2) is 53.3 Å². The molecule has 0 fully saturated rings. The SMILES string of the molecule is CCN(CC)CCCC(OC(=O)NC(C)(C)C)c1nc2cccc(C)c2c(=O)n1-c1ccccc1. The molecule has 188 valence electrons. The monoisotopic (exact) mass is 478 g/mol. The number of carbonyl (C=O) groups is 1. The molecule has 1 N–H and O–H groups in total. The van der Waals surface area contributed by atoms with E-state index >= 15 is 0 Å². The van der Waals surface area contributed by atoms with E-state index in [1.807, 2.05) is 76.2 Å². The number of hydrogen-bond donors (Lipinski definition) is 1. The Morgan fingerprint density at radius 3 is 2.40 bits per heavy atom. The fourth-order valence-electron chi connectivity index (χ4n) is 4.20. The van der Waals surface area contributed by atoms with E-state index in [-0.39, 0.29) is 5.56 Å². The van der Waals surface area contributed by atoms with Crippen LogP contribution in [0.4, 0.5) is 4.79 Å². The van der Waals surface area contributed by atoms with Crippen molar-refractivity contribution in [3.05, 3.63) is 70.3 Å². The van der Waals surface area contributed by atoms with Crippen LogP contribution in [-0.4, -0.2) is 45.7 Å². The number of nitrogens with one attached hydrogen (secondary N) is 1. The van der Waals surface area contributed by atoms with Crippen molar-refractivity contribution in [3.63, 3.8) is 0 Å². The molecule has 1 aromatic heterocycles. The predicted octanol–water partition coefficient (Wildman–Crippen LogP) is 5.38. The van der Waals surface area contributed by atoms with Crippen molar-refractivity contribution in [2.24, 2.45) is 0 Å². The number of amides is 1. The third-order valence-electron chi connectivity index (χ3n) is 6.00. The third-order valence-corrected chi connectivity index (χ3v) is 6.00. The van der Waals surface area contributed by atoms with Gasteiger partial charge in [0.2, 0.25) is 0 Å². The molecule has 0 aliphatic heterocycles. The van der Waals surface area contributed by atoms with Crippen LogP contribution in [0.25, 0.3) is 16.6 Å². The highest BCUT2D eigenvalue weighted by Crippen LogP contribution is 2.26. The number of carbonyl (C=O) groups excluding carboxylic acids is 1. The summed E-state index contributed by atoms with van der Waals surface area (Å²) in [7, 11) is 0. The van der Waals surface area contributed by atoms with Gasteiger partial charge in [0.1, 0.15) is 0 Å². The first kappa shape index (κ1) is 26.4. The number of alkyl carbamates (subject to hydrolysis) is 1. The summed E-state index contributed by atoms with van der Waals surface area (Å²) in [4.78, 5) is 33.9. The summed E-state index contributed by atoms with van der Waals surface area (Å²) in [5.74, 6) is 0.433. The largest absolute Gasteiger partial charge is 0.438 e. The zero-order valence-electron chi connectivity index (χ0n) is 21.8. The highest BCUT2D eigenvalue weighted by molar-refractivity contribution is 5.81. The molecule has 0 aliphatic rings. The summed E-state index contributed by atoms with van der Waals surface area (Å²) in [6, 6.07) is 15.1. The molecule has 0 saturated heterocycles. The molecule has 3 aromatic rings. The first-order valence-electron chi connectivity index (χ1n) is 12.4. The van der Waals surface area contributed by atoms with Gasteiger partial charge in [-0.1, -0.05) is 44.2 Å². The number of aryl methyl sites for hydroxylation is 1. The minimum Gasteiger partial charge on any atom is -0.438 e. The fraction of sp³-hybridized carbons (Fsp3) is 0.464. The van der Waals surface area contributed by atoms with E-state index in [2.05, 4.69) is 24.1 Å². The van der Waals surface area contributed by atoms with Gasteiger partial charge in [-0.2, -0.15) is 0 Å². The molecule has 1 heterocycles. The van der Waals surface area contributed by atoms with Crippen molar-refractivity contribution in [1.29, 1.82) is 0 Å². The average Bonchev–Trinajstić information content (AvgIpc) is 2.80. The summed E-state index contributed by atoms with van der Waals surface area (Å²) >= 11 is 0. The van der Waals surface area contributed by atoms with Crippen LogP contribution < -0.4 is 10.9 Å². The molecule has 0 radical (unpaired) electrons. The molecule has 0 bridgehead atoms. The Morgan fingerprint density at radius 1 is 1.09 bits per heavy atom. The van der Waals surface area contributed by atoms with Crippen LogP contribution in [-0.2, 0) is 4.74 Å². The van der Waals surface area contributed by atoms with Crippen LogP contribution >= 0.6 is 0 Å². The van der Waals surface area contributed by atoms with Crippen LogP contribution in [0.1, 0.15) is 65.0 Å². The number of rotatable bonds is 9. The molecule has 1 atom stereocenters. The van der Waals surface area contributed by atoms with E-state index in [0.29, 0.717) is 28.8 Å². The van der Waals surface area contributed by atoms with Gasteiger partial charge in [0, 0.05) is 5.54 Å². The molecular weight excluding hydrogens is 440 g/mol. The Kier molecular flexibility index (Phi) is 8.67. The quantitative estimate of drug-likeness (QED) is 0.447. The van der Waals surface area contributed by atoms with Gasteiger partial charge in [0.25, 0.3) is 5.56 Å². The number of nitrogens with zero attached hydrogens (tertiary/aromatic N) is 3. The normalized spacial score (nSPS) is 12.7. The summed E-state index contributed by atoms with van der Waals surface area (Å²) in [5.41, 5.74) is 1.55. The highest BCUT2D eigenvalue weighted by atomic mass is 16.6. The second-order valence-corrected chi connectivity index (χ2v) is 9.85. The first-order chi connectivity index (χ1) is 16.6. The molecule has 0 aliphatic carbocycles. The topological polar surface area (TPSA) is 76.5 Å². The van der Waals surface area contributed by atoms with E-state index in [4.69, 9.17) is 9.72 Å². The minimum atomic E-state index is -0.689. The predicted molar refractivity (Wildman–Crippen MR) is 141 cm³/mol. The summed E-state index contributed by atoms with van der Waals surface area (Å²) in [6.45, 7) is 14.7. The lowest BCUT2D eigenvalue weighted by Gasteiger charge is -2.26. The maximum Gasteiger partial charge on any atom is 0.408 e. The lowest BCUT2D eigenvalue weighted by Crippen LogP contribution is -2.42. The Balaban J connectivity index is 2.13. The fourth-order valence-corrected chi connectivity index (χ4v) is 4.20. The maximum absolute atomic E-state index is 13.8. The molecule has 0 saturated carbocycles. The van der Waals surface area contributed by atoms with Gasteiger partial charge < -0.3 is 15.0 Å². The zero-order chi connectivity index (χ0) is 25.6. The van der Waals surface area contributed by atoms with Gasteiger partial charge in [-0.05, 0) is 83.9 Å². The van der Waals surface area contributed by atoms with Gasteiger partial charge in [-0.15, -0.1) is 0 Å². The standard InChI is InChI=1S/C28H38N4O3/c1-7-31(8-2)19-13-18-23(35-27(34)30-28(4,5)6)25-29-22-17-12-14-20(3)24(22)26(33)32(25)21-15-10-9-11-16-21/h9-12,14-17,23H,7-8,13,18-19H2,1-6H3,(H,30,34). The Hall–Kier alpha value is -3.19. The minimum absolute atomic E-state index is 0.164. The van der Waals surface area contributed by atoms with Crippen molar-refractivity contribution in [1.82, 2.24) is 19.8 Å². The molecule has 7 heteroatoms. The number of fused-ring (bicyclic) bond motifs is 1. The van der Waals surface area contributed by atoms with Crippen molar-refractivity contribution in [3.8, 4) is 5.69 Å². The van der Waals surface area contributed by atoms with E-state index < -0.39 is 17.7 Å². The second kappa shape index (κ2) is 11.5. The second-order valence-electron chi connectivity index (χ2n) is 9.85. The van der Waals surface area contributed by atoms with Crippen LogP contribution in [0, 0.1) is 6.92 Å². The summed E-state index contributed by atoms with van der Waals surface area (Å²) in [6.07, 6.45) is 0.130. The van der Waals surface area contributed by atoms with Gasteiger partial charge in [0.15, 0.2) is 11.9 Å². The number of para-hydroxylation sites is 1. The van der Waals surface area contributed by atoms with Crippen LogP contribution in [0.5, 0.6) is 0 Å². The van der Waals surface area contributed by atoms with Crippen LogP contribution in [0.3, 0.4) is 0 Å². The lowest BCUT2D eigenvalue weighted by molar-refractivity contribution is 0.0772. The summed E-state index contributed by atoms with van der Waals surface area (Å²) in [5, 5.41) is 3.44. The van der Waals surface area contributed by atoms with E-state index in [1.165, 1.54) is 0 Å². The molecule has 3 rings (SSSR count). The van der Waals surface area contributed by atoms with Crippen LogP contribution in [0.2, 0.25) is 0 Å². The molecule has 7 nitrogen and oxygen atoms in total. The average molecular weight is 479 g/mol. The number of benzene rings is 2. The van der Waals surface area contributed by atoms with E-state index in [9.17, 15) is 9.59 Å². The highest BCUT2D eigenvalue weighted by Gasteiger charge is 2.26. The molecule has 1 unspecified atom stereocenters. The molecular formula is C28H38N4O3. The van der Waals surface area contributed by atoms with Crippen molar-refractivity contribution in [2.75, 3.05) is 19.6 Å². The van der Waals surface area contributed by atoms with Crippen molar-refractivity contribution < 1.29 is 9.53 Å². The lowest BCUT2D eigenvalue weighted by atomic mass is 10.1. The van der Waals surface area contributed by atoms with E-state index in [1.54, 1.807) is 4.57 Å². The number of hydrogen-bond acceptors (Lipinski definition) is 5. The maximum atomic E-state index is 13.8. The number of ether oxygens (including phenoxy) is 1. The molecule has 35 heavy (non-hydrogen) atoms. The molecule has 1 amide bonds. The number of aromatic nitrogens is 2. The Morgan fingerprint density at radius 2 is 1.77 bits per heavy atom. The van der Waals surface area contributed by atoms with Gasteiger partial charge in [-0.3, -0.25) is 9.36 Å². The smallest absolute Gasteiger partial charge is 0.408 e. The van der Waals surface area contributed by atoms with Gasteiger partial charge in [0.05, 0.1) is 16.6 Å². The Bertz CT molecular complexity index is 1190. The van der Waals surface area contributed by atoms with Crippen molar-refractivity contribution >= 4 is 17.0 Å². The first-order valence-corrected chi connectivity index (χ1v) is 12.4.